The molecule has 0 aliphatic heterocycles. The van der Waals surface area contributed by atoms with Crippen LogP contribution in [0.2, 0.25) is 0 Å². The lowest BCUT2D eigenvalue weighted by Crippen LogP contribution is -1.90. The van der Waals surface area contributed by atoms with E-state index in [2.05, 4.69) is 30.1 Å². The number of H-pyrrole nitrogens is 2. The molecule has 148 valence electrons. The second-order valence-electron chi connectivity index (χ2n) is 7.05. The summed E-state index contributed by atoms with van der Waals surface area (Å²) >= 11 is 0. The first-order valence-electron chi connectivity index (χ1n) is 9.58. The largest absolute Gasteiger partial charge is 0.397 e. The van der Waals surface area contributed by atoms with Gasteiger partial charge in [-0.25, -0.2) is 9.97 Å². The Bertz CT molecular complexity index is 1550. The van der Waals surface area contributed by atoms with Crippen molar-refractivity contribution in [2.45, 2.75) is 0 Å². The number of hydrogen-bond donors (Lipinski definition) is 3. The summed E-state index contributed by atoms with van der Waals surface area (Å²) < 4.78 is 0. The summed E-state index contributed by atoms with van der Waals surface area (Å²) in [5.74, 6) is 0.606. The summed E-state index contributed by atoms with van der Waals surface area (Å²) in [4.78, 5) is 25.8. The van der Waals surface area contributed by atoms with E-state index in [0.717, 1.165) is 39.1 Å². The van der Waals surface area contributed by atoms with Crippen molar-refractivity contribution >= 4 is 27.8 Å². The average molecular weight is 405 g/mol. The summed E-state index contributed by atoms with van der Waals surface area (Å²) in [5.41, 5.74) is 13.4. The number of pyridine rings is 4. The second-order valence-corrected chi connectivity index (χ2v) is 7.05. The molecule has 0 unspecified atom stereocenters. The lowest BCUT2D eigenvalue weighted by atomic mass is 10.1. The lowest BCUT2D eigenvalue weighted by Gasteiger charge is -2.02. The Morgan fingerprint density at radius 1 is 0.774 bits per heavy atom. The van der Waals surface area contributed by atoms with Crippen molar-refractivity contribution in [3.8, 4) is 34.0 Å². The van der Waals surface area contributed by atoms with E-state index < -0.39 is 0 Å². The summed E-state index contributed by atoms with van der Waals surface area (Å²) in [6.07, 6.45) is 8.59. The molecule has 6 heterocycles. The summed E-state index contributed by atoms with van der Waals surface area (Å²) in [5, 5.41) is 7.49. The van der Waals surface area contributed by atoms with E-state index in [1.54, 1.807) is 31.0 Å². The van der Waals surface area contributed by atoms with E-state index in [1.165, 1.54) is 0 Å². The fraction of sp³-hybridized carbons (Fsp3) is 0. The second kappa shape index (κ2) is 6.70. The standard InChI is InChI=1S/C22H15N9/c23-14-8-13(10-25-11-14)15-3-4-17-20(27-15)21(31-30-17)22-28-16-5-7-26-18(19(16)29-22)12-2-1-6-24-9-12/h1-11H,23H2,(H,28,29)(H,30,31). The van der Waals surface area contributed by atoms with Gasteiger partial charge in [0.15, 0.2) is 11.5 Å². The molecule has 9 nitrogen and oxygen atoms in total. The van der Waals surface area contributed by atoms with Crippen molar-refractivity contribution in [2.24, 2.45) is 0 Å². The highest BCUT2D eigenvalue weighted by atomic mass is 15.2. The van der Waals surface area contributed by atoms with Crippen LogP contribution in [-0.4, -0.2) is 40.1 Å². The SMILES string of the molecule is Nc1cncc(-c2ccc3[nH]nc(-c4nc5c(-c6cccnc6)nccc5[nH]4)c3n2)c1. The third-order valence-corrected chi connectivity index (χ3v) is 5.02. The zero-order valence-corrected chi connectivity index (χ0v) is 16.1. The quantitative estimate of drug-likeness (QED) is 0.409. The molecule has 6 aromatic heterocycles. The van der Waals surface area contributed by atoms with Gasteiger partial charge in [0.2, 0.25) is 0 Å². The van der Waals surface area contributed by atoms with Crippen LogP contribution < -0.4 is 5.73 Å². The molecule has 0 spiro atoms. The molecule has 0 fully saturated rings. The van der Waals surface area contributed by atoms with Gasteiger partial charge in [-0.2, -0.15) is 5.10 Å². The molecular formula is C22H15N9. The number of rotatable bonds is 3. The first-order valence-corrected chi connectivity index (χ1v) is 9.58. The third kappa shape index (κ3) is 2.87. The van der Waals surface area contributed by atoms with Gasteiger partial charge in [-0.05, 0) is 36.4 Å². The first-order chi connectivity index (χ1) is 15.3. The molecule has 0 aliphatic rings. The van der Waals surface area contributed by atoms with Crippen LogP contribution in [0.25, 0.3) is 56.1 Å². The topological polar surface area (TPSA) is 135 Å². The van der Waals surface area contributed by atoms with Gasteiger partial charge in [0.05, 0.1) is 28.1 Å². The third-order valence-electron chi connectivity index (χ3n) is 5.02. The van der Waals surface area contributed by atoms with Crippen LogP contribution in [0.4, 0.5) is 5.69 Å². The van der Waals surface area contributed by atoms with Gasteiger partial charge in [0.1, 0.15) is 11.0 Å². The van der Waals surface area contributed by atoms with Crippen molar-refractivity contribution in [1.82, 2.24) is 40.1 Å². The molecule has 6 rings (SSSR count). The molecule has 0 saturated carbocycles. The maximum atomic E-state index is 5.88. The highest BCUT2D eigenvalue weighted by Crippen LogP contribution is 2.30. The molecule has 4 N–H and O–H groups in total. The number of fused-ring (bicyclic) bond motifs is 2. The normalized spacial score (nSPS) is 11.4. The summed E-state index contributed by atoms with van der Waals surface area (Å²) in [7, 11) is 0. The van der Waals surface area contributed by atoms with E-state index >= 15 is 0 Å². The van der Waals surface area contributed by atoms with Gasteiger partial charge in [-0.15, -0.1) is 0 Å². The van der Waals surface area contributed by atoms with Crippen LogP contribution in [0.1, 0.15) is 0 Å². The highest BCUT2D eigenvalue weighted by Gasteiger charge is 2.17. The smallest absolute Gasteiger partial charge is 0.161 e. The molecule has 0 atom stereocenters. The Morgan fingerprint density at radius 2 is 1.68 bits per heavy atom. The maximum Gasteiger partial charge on any atom is 0.161 e. The number of anilines is 1. The van der Waals surface area contributed by atoms with Crippen molar-refractivity contribution in [3.63, 3.8) is 0 Å². The number of hydrogen-bond acceptors (Lipinski definition) is 7. The number of aromatic nitrogens is 8. The highest BCUT2D eigenvalue weighted by molar-refractivity contribution is 5.94. The number of aromatic amines is 2. The minimum absolute atomic E-state index is 0.583. The fourth-order valence-corrected chi connectivity index (χ4v) is 3.58. The Labute approximate surface area is 175 Å². The van der Waals surface area contributed by atoms with Crippen LogP contribution in [0.15, 0.2) is 67.4 Å². The number of nitrogen functional groups attached to an aromatic ring is 1. The van der Waals surface area contributed by atoms with E-state index in [1.807, 2.05) is 36.4 Å². The van der Waals surface area contributed by atoms with E-state index in [-0.39, 0.29) is 0 Å². The molecule has 0 bridgehead atoms. The van der Waals surface area contributed by atoms with Crippen molar-refractivity contribution in [2.75, 3.05) is 5.73 Å². The maximum absolute atomic E-state index is 5.88. The van der Waals surface area contributed by atoms with Crippen LogP contribution in [-0.2, 0) is 0 Å². The van der Waals surface area contributed by atoms with Crippen LogP contribution >= 0.6 is 0 Å². The van der Waals surface area contributed by atoms with Gasteiger partial charge in [0.25, 0.3) is 0 Å². The van der Waals surface area contributed by atoms with Crippen molar-refractivity contribution < 1.29 is 0 Å². The molecule has 0 radical (unpaired) electrons. The molecule has 0 amide bonds. The number of imidazole rings is 1. The zero-order valence-electron chi connectivity index (χ0n) is 16.1. The Hall–Kier alpha value is -4.66. The van der Waals surface area contributed by atoms with Crippen LogP contribution in [0.5, 0.6) is 0 Å². The van der Waals surface area contributed by atoms with Gasteiger partial charge >= 0.3 is 0 Å². The molecule has 9 heteroatoms. The molecule has 0 aromatic carbocycles. The van der Waals surface area contributed by atoms with Gasteiger partial charge in [-0.1, -0.05) is 0 Å². The molecule has 6 aromatic rings. The Balaban J connectivity index is 1.51. The predicted octanol–water partition coefficient (Wildman–Crippen LogP) is 3.60. The van der Waals surface area contributed by atoms with Crippen LogP contribution in [0.3, 0.4) is 0 Å². The van der Waals surface area contributed by atoms with Crippen molar-refractivity contribution in [3.05, 3.63) is 67.4 Å². The van der Waals surface area contributed by atoms with E-state index in [0.29, 0.717) is 22.7 Å². The van der Waals surface area contributed by atoms with E-state index in [4.69, 9.17) is 15.7 Å². The van der Waals surface area contributed by atoms with Crippen LogP contribution in [0, 0.1) is 0 Å². The minimum atomic E-state index is 0.583. The molecule has 0 aliphatic carbocycles. The molecule has 0 saturated heterocycles. The van der Waals surface area contributed by atoms with Crippen molar-refractivity contribution in [1.29, 1.82) is 0 Å². The lowest BCUT2D eigenvalue weighted by molar-refractivity contribution is 1.10. The number of nitrogens with zero attached hydrogens (tertiary/aromatic N) is 6. The Morgan fingerprint density at radius 3 is 2.55 bits per heavy atom. The van der Waals surface area contributed by atoms with Gasteiger partial charge in [-0.3, -0.25) is 20.1 Å². The number of nitrogens with one attached hydrogen (secondary N) is 2. The Kier molecular flexibility index (Phi) is 3.72. The van der Waals surface area contributed by atoms with E-state index in [9.17, 15) is 0 Å². The number of nitrogens with two attached hydrogens (primary N) is 1. The molecular weight excluding hydrogens is 390 g/mol. The summed E-state index contributed by atoms with van der Waals surface area (Å²) in [6.45, 7) is 0. The first kappa shape index (κ1) is 17.2. The zero-order chi connectivity index (χ0) is 20.8. The predicted molar refractivity (Wildman–Crippen MR) is 118 cm³/mol. The monoisotopic (exact) mass is 405 g/mol. The summed E-state index contributed by atoms with van der Waals surface area (Å²) in [6, 6.07) is 11.4. The van der Waals surface area contributed by atoms with Gasteiger partial charge < -0.3 is 10.7 Å². The average Bonchev–Trinajstić information content (AvgIpc) is 3.43. The van der Waals surface area contributed by atoms with Gasteiger partial charge in [0, 0.05) is 42.1 Å². The minimum Gasteiger partial charge on any atom is -0.397 e. The fourth-order valence-electron chi connectivity index (χ4n) is 3.58. The molecule has 31 heavy (non-hydrogen) atoms.